The van der Waals surface area contributed by atoms with Crippen LogP contribution in [-0.4, -0.2) is 27.9 Å². The van der Waals surface area contributed by atoms with Crippen LogP contribution in [-0.2, 0) is 6.54 Å². The molecule has 0 spiro atoms. The lowest BCUT2D eigenvalue weighted by Crippen LogP contribution is -2.19. The average molecular weight is 409 g/mol. The summed E-state index contributed by atoms with van der Waals surface area (Å²) < 4.78 is 0. The SMILES string of the molecule is C=CN(Cc1ccc2ncccc2c1)c1nc(-c2ccc(C(=O)NC)nc2)ccc1C. The van der Waals surface area contributed by atoms with Crippen LogP contribution < -0.4 is 10.2 Å². The van der Waals surface area contributed by atoms with Crippen LogP contribution in [0.3, 0.4) is 0 Å². The van der Waals surface area contributed by atoms with Gasteiger partial charge in [0.05, 0.1) is 11.2 Å². The monoisotopic (exact) mass is 409 g/mol. The second-order valence-corrected chi connectivity index (χ2v) is 7.19. The van der Waals surface area contributed by atoms with E-state index in [1.807, 2.05) is 42.2 Å². The Labute approximate surface area is 181 Å². The predicted octanol–water partition coefficient (Wildman–Crippen LogP) is 4.51. The van der Waals surface area contributed by atoms with E-state index in [1.165, 1.54) is 0 Å². The van der Waals surface area contributed by atoms with Crippen molar-refractivity contribution in [3.05, 3.63) is 96.6 Å². The van der Waals surface area contributed by atoms with Gasteiger partial charge in [0.25, 0.3) is 5.91 Å². The highest BCUT2D eigenvalue weighted by atomic mass is 16.1. The smallest absolute Gasteiger partial charge is 0.269 e. The van der Waals surface area contributed by atoms with Gasteiger partial charge < -0.3 is 10.2 Å². The van der Waals surface area contributed by atoms with E-state index in [2.05, 4.69) is 40.1 Å². The predicted molar refractivity (Wildman–Crippen MR) is 124 cm³/mol. The third kappa shape index (κ3) is 4.28. The molecule has 0 aliphatic rings. The maximum Gasteiger partial charge on any atom is 0.269 e. The first-order valence-electron chi connectivity index (χ1n) is 9.98. The molecule has 0 saturated heterocycles. The van der Waals surface area contributed by atoms with E-state index in [0.717, 1.165) is 39.1 Å². The van der Waals surface area contributed by atoms with E-state index in [0.29, 0.717) is 12.2 Å². The number of hydrogen-bond donors (Lipinski definition) is 1. The van der Waals surface area contributed by atoms with E-state index >= 15 is 0 Å². The highest BCUT2D eigenvalue weighted by Crippen LogP contribution is 2.26. The number of hydrogen-bond acceptors (Lipinski definition) is 5. The van der Waals surface area contributed by atoms with Gasteiger partial charge in [-0.25, -0.2) is 4.98 Å². The van der Waals surface area contributed by atoms with Gasteiger partial charge in [-0.2, -0.15) is 0 Å². The summed E-state index contributed by atoms with van der Waals surface area (Å²) in [5.74, 6) is 0.613. The number of amides is 1. The minimum Gasteiger partial charge on any atom is -0.354 e. The molecule has 3 heterocycles. The Morgan fingerprint density at radius 3 is 2.74 bits per heavy atom. The molecular formula is C25H23N5O. The number of anilines is 1. The number of carbonyl (C=O) groups excluding carboxylic acids is 1. The number of pyridine rings is 3. The Morgan fingerprint density at radius 1 is 1.13 bits per heavy atom. The van der Waals surface area contributed by atoms with Crippen molar-refractivity contribution in [1.29, 1.82) is 0 Å². The van der Waals surface area contributed by atoms with Crippen LogP contribution in [0.15, 0.2) is 79.8 Å². The Hall–Kier alpha value is -4.06. The fraction of sp³-hybridized carbons (Fsp3) is 0.120. The van der Waals surface area contributed by atoms with Crippen LogP contribution in [0.25, 0.3) is 22.2 Å². The fourth-order valence-corrected chi connectivity index (χ4v) is 3.42. The molecule has 0 aliphatic heterocycles. The van der Waals surface area contributed by atoms with Crippen molar-refractivity contribution in [3.63, 3.8) is 0 Å². The van der Waals surface area contributed by atoms with E-state index in [1.54, 1.807) is 31.7 Å². The van der Waals surface area contributed by atoms with Crippen LogP contribution in [0.2, 0.25) is 0 Å². The summed E-state index contributed by atoms with van der Waals surface area (Å²) >= 11 is 0. The molecule has 1 amide bonds. The number of carbonyl (C=O) groups is 1. The van der Waals surface area contributed by atoms with Gasteiger partial charge >= 0.3 is 0 Å². The van der Waals surface area contributed by atoms with Gasteiger partial charge in [-0.15, -0.1) is 0 Å². The first-order chi connectivity index (χ1) is 15.1. The lowest BCUT2D eigenvalue weighted by molar-refractivity contribution is 0.0958. The fourth-order valence-electron chi connectivity index (χ4n) is 3.42. The van der Waals surface area contributed by atoms with Crippen molar-refractivity contribution < 1.29 is 4.79 Å². The third-order valence-corrected chi connectivity index (χ3v) is 5.10. The maximum absolute atomic E-state index is 11.7. The summed E-state index contributed by atoms with van der Waals surface area (Å²) in [6, 6.07) is 17.8. The van der Waals surface area contributed by atoms with Gasteiger partial charge in [0.15, 0.2) is 0 Å². The van der Waals surface area contributed by atoms with Crippen LogP contribution in [0.1, 0.15) is 21.6 Å². The number of benzene rings is 1. The number of aryl methyl sites for hydroxylation is 1. The molecule has 3 aromatic heterocycles. The lowest BCUT2D eigenvalue weighted by atomic mass is 10.1. The van der Waals surface area contributed by atoms with E-state index < -0.39 is 0 Å². The zero-order valence-corrected chi connectivity index (χ0v) is 17.5. The van der Waals surface area contributed by atoms with Gasteiger partial charge in [-0.05, 0) is 60.6 Å². The molecule has 0 fully saturated rings. The largest absolute Gasteiger partial charge is 0.354 e. The summed E-state index contributed by atoms with van der Waals surface area (Å²) in [5, 5.41) is 3.68. The molecule has 154 valence electrons. The number of nitrogens with zero attached hydrogens (tertiary/aromatic N) is 4. The molecule has 4 aromatic rings. The maximum atomic E-state index is 11.7. The minimum atomic E-state index is -0.215. The topological polar surface area (TPSA) is 71.0 Å². The molecule has 0 unspecified atom stereocenters. The zero-order chi connectivity index (χ0) is 21.8. The quantitative estimate of drug-likeness (QED) is 0.507. The first-order valence-corrected chi connectivity index (χ1v) is 9.98. The highest BCUT2D eigenvalue weighted by molar-refractivity contribution is 5.92. The van der Waals surface area contributed by atoms with E-state index in [-0.39, 0.29) is 5.91 Å². The second kappa shape index (κ2) is 8.75. The molecule has 1 aromatic carbocycles. The van der Waals surface area contributed by atoms with Gasteiger partial charge in [0.1, 0.15) is 11.5 Å². The number of nitrogens with one attached hydrogen (secondary N) is 1. The standard InChI is InChI=1S/C25H23N5O/c1-4-30(16-18-8-11-21-19(14-18)6-5-13-27-21)24-17(2)7-10-22(29-24)20-9-12-23(28-15-20)25(31)26-3/h4-15H,1,16H2,2-3H3,(H,26,31). The molecule has 4 rings (SSSR count). The van der Waals surface area contributed by atoms with Gasteiger partial charge in [0.2, 0.25) is 0 Å². The molecule has 0 bridgehead atoms. The van der Waals surface area contributed by atoms with Crippen LogP contribution >= 0.6 is 0 Å². The van der Waals surface area contributed by atoms with Crippen molar-refractivity contribution in [2.45, 2.75) is 13.5 Å². The number of aromatic nitrogens is 3. The van der Waals surface area contributed by atoms with Gasteiger partial charge in [-0.3, -0.25) is 14.8 Å². The Morgan fingerprint density at radius 2 is 2.00 bits per heavy atom. The van der Waals surface area contributed by atoms with Crippen LogP contribution in [0.5, 0.6) is 0 Å². The molecule has 31 heavy (non-hydrogen) atoms. The van der Waals surface area contributed by atoms with E-state index in [9.17, 15) is 4.79 Å². The van der Waals surface area contributed by atoms with Crippen molar-refractivity contribution in [1.82, 2.24) is 20.3 Å². The summed E-state index contributed by atoms with van der Waals surface area (Å²) in [6.07, 6.45) is 5.26. The first kappa shape index (κ1) is 20.2. The zero-order valence-electron chi connectivity index (χ0n) is 17.5. The molecule has 0 aliphatic carbocycles. The molecule has 1 N–H and O–H groups in total. The summed E-state index contributed by atoms with van der Waals surface area (Å²) in [4.78, 5) is 27.3. The Kier molecular flexibility index (Phi) is 5.71. The molecule has 0 radical (unpaired) electrons. The molecular weight excluding hydrogens is 386 g/mol. The minimum absolute atomic E-state index is 0.215. The van der Waals surface area contributed by atoms with Crippen molar-refractivity contribution in [3.8, 4) is 11.3 Å². The van der Waals surface area contributed by atoms with Crippen molar-refractivity contribution in [2.24, 2.45) is 0 Å². The molecule has 6 heteroatoms. The Balaban J connectivity index is 1.64. The lowest BCUT2D eigenvalue weighted by Gasteiger charge is -2.22. The molecule has 0 atom stereocenters. The van der Waals surface area contributed by atoms with E-state index in [4.69, 9.17) is 4.98 Å². The van der Waals surface area contributed by atoms with Crippen LogP contribution in [0.4, 0.5) is 5.82 Å². The Bertz CT molecular complexity index is 1250. The highest BCUT2D eigenvalue weighted by Gasteiger charge is 2.12. The third-order valence-electron chi connectivity index (χ3n) is 5.10. The number of fused-ring (bicyclic) bond motifs is 1. The van der Waals surface area contributed by atoms with Crippen molar-refractivity contribution >= 4 is 22.6 Å². The van der Waals surface area contributed by atoms with Gasteiger partial charge in [0, 0.05) is 36.9 Å². The summed E-state index contributed by atoms with van der Waals surface area (Å²) in [7, 11) is 1.58. The van der Waals surface area contributed by atoms with Crippen molar-refractivity contribution in [2.75, 3.05) is 11.9 Å². The van der Waals surface area contributed by atoms with Crippen LogP contribution in [0, 0.1) is 6.92 Å². The normalized spacial score (nSPS) is 10.6. The van der Waals surface area contributed by atoms with Gasteiger partial charge in [-0.1, -0.05) is 24.8 Å². The second-order valence-electron chi connectivity index (χ2n) is 7.19. The summed E-state index contributed by atoms with van der Waals surface area (Å²) in [5.41, 5.74) is 5.16. The number of rotatable bonds is 6. The molecule has 6 nitrogen and oxygen atoms in total. The average Bonchev–Trinajstić information content (AvgIpc) is 2.82. The summed E-state index contributed by atoms with van der Waals surface area (Å²) in [6.45, 7) is 6.66. The molecule has 0 saturated carbocycles.